The summed E-state index contributed by atoms with van der Waals surface area (Å²) in [5.74, 6) is -0.333. The van der Waals surface area contributed by atoms with E-state index in [0.717, 1.165) is 19.3 Å². The van der Waals surface area contributed by atoms with Crippen LogP contribution in [0.4, 0.5) is 0 Å². The Morgan fingerprint density at radius 2 is 1.88 bits per heavy atom. The van der Waals surface area contributed by atoms with Crippen molar-refractivity contribution in [3.63, 3.8) is 0 Å². The Labute approximate surface area is 105 Å². The predicted molar refractivity (Wildman–Crippen MR) is 71.6 cm³/mol. The lowest BCUT2D eigenvalue weighted by molar-refractivity contribution is -0.142. The van der Waals surface area contributed by atoms with Crippen LogP contribution in [0.5, 0.6) is 0 Å². The first-order chi connectivity index (χ1) is 7.97. The number of methoxy groups -OCH3 is 1. The van der Waals surface area contributed by atoms with Crippen molar-refractivity contribution in [3.8, 4) is 0 Å². The summed E-state index contributed by atoms with van der Waals surface area (Å²) in [5, 5.41) is 0. The lowest BCUT2D eigenvalue weighted by Gasteiger charge is -2.07. The van der Waals surface area contributed by atoms with Crippen molar-refractivity contribution in [2.24, 2.45) is 5.73 Å². The van der Waals surface area contributed by atoms with Crippen molar-refractivity contribution >= 4 is 5.97 Å². The van der Waals surface area contributed by atoms with Gasteiger partial charge in [0.25, 0.3) is 0 Å². The van der Waals surface area contributed by atoms with Crippen LogP contribution in [0.2, 0.25) is 0 Å². The van der Waals surface area contributed by atoms with E-state index in [1.165, 1.54) is 18.3 Å². The molecule has 17 heavy (non-hydrogen) atoms. The second-order valence-electron chi connectivity index (χ2n) is 4.58. The van der Waals surface area contributed by atoms with E-state index in [-0.39, 0.29) is 5.97 Å². The van der Waals surface area contributed by atoms with E-state index in [0.29, 0.717) is 6.42 Å². The molecule has 0 aromatic carbocycles. The molecule has 0 aliphatic heterocycles. The molecule has 2 N–H and O–H groups in total. The Morgan fingerprint density at radius 3 is 2.41 bits per heavy atom. The molecule has 0 saturated heterocycles. The summed E-state index contributed by atoms with van der Waals surface area (Å²) in [6, 6.07) is -0.498. The van der Waals surface area contributed by atoms with E-state index >= 15 is 0 Å². The Kier molecular flexibility index (Phi) is 8.42. The summed E-state index contributed by atoms with van der Waals surface area (Å²) >= 11 is 0. The minimum Gasteiger partial charge on any atom is -0.468 e. The van der Waals surface area contributed by atoms with Crippen LogP contribution in [0.25, 0.3) is 0 Å². The number of esters is 1. The number of nitrogens with two attached hydrogens (primary N) is 1. The van der Waals surface area contributed by atoms with Crippen LogP contribution in [0, 0.1) is 0 Å². The van der Waals surface area contributed by atoms with Crippen LogP contribution >= 0.6 is 0 Å². The summed E-state index contributed by atoms with van der Waals surface area (Å²) in [6.45, 7) is 6.32. The molecule has 0 radical (unpaired) electrons. The summed E-state index contributed by atoms with van der Waals surface area (Å²) < 4.78 is 4.57. The molecule has 0 unspecified atom stereocenters. The van der Waals surface area contributed by atoms with E-state index < -0.39 is 6.04 Å². The van der Waals surface area contributed by atoms with Crippen molar-refractivity contribution in [3.05, 3.63) is 23.3 Å². The minimum atomic E-state index is -0.498. The third-order valence-corrected chi connectivity index (χ3v) is 2.57. The number of carbonyl (C=O) groups is 1. The SMILES string of the molecule is COC(=O)[C@@H](N)CC/C=C(\C)CCC=C(C)C. The van der Waals surface area contributed by atoms with Crippen LogP contribution in [-0.2, 0) is 9.53 Å². The molecular weight excluding hydrogens is 214 g/mol. The molecular formula is C14H25NO2. The van der Waals surface area contributed by atoms with Gasteiger partial charge in [0.1, 0.15) is 6.04 Å². The molecule has 0 bridgehead atoms. The van der Waals surface area contributed by atoms with Gasteiger partial charge in [-0.2, -0.15) is 0 Å². The molecule has 3 nitrogen and oxygen atoms in total. The van der Waals surface area contributed by atoms with E-state index in [9.17, 15) is 4.79 Å². The second-order valence-corrected chi connectivity index (χ2v) is 4.58. The molecule has 0 fully saturated rings. The van der Waals surface area contributed by atoms with Crippen molar-refractivity contribution in [2.75, 3.05) is 7.11 Å². The van der Waals surface area contributed by atoms with Gasteiger partial charge >= 0.3 is 5.97 Å². The number of hydrogen-bond donors (Lipinski definition) is 1. The molecule has 0 spiro atoms. The van der Waals surface area contributed by atoms with Gasteiger partial charge in [-0.15, -0.1) is 0 Å². The molecule has 0 aromatic heterocycles. The highest BCUT2D eigenvalue weighted by Gasteiger charge is 2.11. The normalized spacial score (nSPS) is 13.1. The maximum atomic E-state index is 11.1. The van der Waals surface area contributed by atoms with Crippen molar-refractivity contribution < 1.29 is 9.53 Å². The van der Waals surface area contributed by atoms with E-state index in [2.05, 4.69) is 37.7 Å². The van der Waals surface area contributed by atoms with Gasteiger partial charge in [0.2, 0.25) is 0 Å². The average Bonchev–Trinajstić information content (AvgIpc) is 2.27. The number of rotatable bonds is 7. The molecule has 0 rings (SSSR count). The Bertz CT molecular complexity index is 289. The van der Waals surface area contributed by atoms with Gasteiger partial charge in [-0.05, 0) is 46.5 Å². The van der Waals surface area contributed by atoms with Crippen molar-refractivity contribution in [1.82, 2.24) is 0 Å². The molecule has 0 aliphatic carbocycles. The monoisotopic (exact) mass is 239 g/mol. The van der Waals surface area contributed by atoms with Gasteiger partial charge in [-0.3, -0.25) is 4.79 Å². The fourth-order valence-corrected chi connectivity index (χ4v) is 1.47. The maximum absolute atomic E-state index is 11.1. The first-order valence-corrected chi connectivity index (χ1v) is 6.09. The highest BCUT2D eigenvalue weighted by molar-refractivity contribution is 5.75. The molecule has 3 heteroatoms. The van der Waals surface area contributed by atoms with Gasteiger partial charge in [-0.25, -0.2) is 0 Å². The smallest absolute Gasteiger partial charge is 0.322 e. The lowest BCUT2D eigenvalue weighted by Crippen LogP contribution is -2.31. The first kappa shape index (κ1) is 15.9. The minimum absolute atomic E-state index is 0.333. The Morgan fingerprint density at radius 1 is 1.24 bits per heavy atom. The molecule has 98 valence electrons. The molecule has 1 atom stereocenters. The van der Waals surface area contributed by atoms with E-state index in [1.807, 2.05) is 0 Å². The number of carbonyl (C=O) groups excluding carboxylic acids is 1. The standard InChI is InChI=1S/C14H25NO2/c1-11(2)7-5-8-12(3)9-6-10-13(15)14(16)17-4/h7,9,13H,5-6,8,10,15H2,1-4H3/b12-9+/t13-/m0/s1. The molecule has 0 aromatic rings. The van der Waals surface area contributed by atoms with E-state index in [4.69, 9.17) is 5.73 Å². The van der Waals surface area contributed by atoms with Crippen LogP contribution in [0.15, 0.2) is 23.3 Å². The van der Waals surface area contributed by atoms with Crippen LogP contribution in [-0.4, -0.2) is 19.1 Å². The molecule has 0 saturated carbocycles. The zero-order valence-corrected chi connectivity index (χ0v) is 11.5. The van der Waals surface area contributed by atoms with Crippen molar-refractivity contribution in [2.45, 2.75) is 52.5 Å². The maximum Gasteiger partial charge on any atom is 0.322 e. The highest BCUT2D eigenvalue weighted by Crippen LogP contribution is 2.09. The highest BCUT2D eigenvalue weighted by atomic mass is 16.5. The Hall–Kier alpha value is -1.09. The third kappa shape index (κ3) is 8.69. The topological polar surface area (TPSA) is 52.3 Å². The van der Waals surface area contributed by atoms with Gasteiger partial charge in [0.15, 0.2) is 0 Å². The Balaban J connectivity index is 3.84. The van der Waals surface area contributed by atoms with Gasteiger partial charge in [-0.1, -0.05) is 23.3 Å². The third-order valence-electron chi connectivity index (χ3n) is 2.57. The van der Waals surface area contributed by atoms with Crippen LogP contribution < -0.4 is 5.73 Å². The molecule has 0 amide bonds. The van der Waals surface area contributed by atoms with Gasteiger partial charge in [0.05, 0.1) is 7.11 Å². The average molecular weight is 239 g/mol. The number of ether oxygens (including phenoxy) is 1. The van der Waals surface area contributed by atoms with Crippen molar-refractivity contribution in [1.29, 1.82) is 0 Å². The summed E-state index contributed by atoms with van der Waals surface area (Å²) in [5.41, 5.74) is 8.34. The van der Waals surface area contributed by atoms with E-state index in [1.54, 1.807) is 0 Å². The summed E-state index contributed by atoms with van der Waals surface area (Å²) in [7, 11) is 1.36. The number of allylic oxidation sites excluding steroid dienone is 4. The largest absolute Gasteiger partial charge is 0.468 e. The first-order valence-electron chi connectivity index (χ1n) is 6.09. The summed E-state index contributed by atoms with van der Waals surface area (Å²) in [4.78, 5) is 11.1. The van der Waals surface area contributed by atoms with Gasteiger partial charge in [0, 0.05) is 0 Å². The van der Waals surface area contributed by atoms with Crippen LogP contribution in [0.3, 0.4) is 0 Å². The molecule has 0 aliphatic rings. The summed E-state index contributed by atoms with van der Waals surface area (Å²) in [6.07, 6.45) is 8.01. The molecule has 0 heterocycles. The predicted octanol–water partition coefficient (Wildman–Crippen LogP) is 2.96. The zero-order chi connectivity index (χ0) is 13.3. The van der Waals surface area contributed by atoms with Crippen LogP contribution in [0.1, 0.15) is 46.5 Å². The fourth-order valence-electron chi connectivity index (χ4n) is 1.47. The number of hydrogen-bond acceptors (Lipinski definition) is 3. The van der Waals surface area contributed by atoms with Gasteiger partial charge < -0.3 is 10.5 Å². The zero-order valence-electron chi connectivity index (χ0n) is 11.5. The lowest BCUT2D eigenvalue weighted by atomic mass is 10.1. The fraction of sp³-hybridized carbons (Fsp3) is 0.643. The second kappa shape index (κ2) is 8.99. The quantitative estimate of drug-likeness (QED) is 0.549.